The van der Waals surface area contributed by atoms with Crippen LogP contribution < -0.4 is 9.47 Å². The Hall–Kier alpha value is -3.90. The van der Waals surface area contributed by atoms with Crippen molar-refractivity contribution < 1.29 is 19.1 Å². The van der Waals surface area contributed by atoms with E-state index in [1.54, 1.807) is 23.5 Å². The van der Waals surface area contributed by atoms with Gasteiger partial charge in [0.15, 0.2) is 23.0 Å². The molecule has 2 aromatic carbocycles. The van der Waals surface area contributed by atoms with Gasteiger partial charge in [0.1, 0.15) is 11.6 Å². The van der Waals surface area contributed by atoms with Gasteiger partial charge < -0.3 is 29.2 Å². The molecule has 2 aromatic heterocycles. The fourth-order valence-corrected chi connectivity index (χ4v) is 8.43. The number of aromatic nitrogens is 4. The molecule has 7 rings (SSSR count). The molecular weight excluding hydrogens is 645 g/mol. The zero-order valence-corrected chi connectivity index (χ0v) is 29.8. The molecule has 2 saturated heterocycles. The lowest BCUT2D eigenvalue weighted by Gasteiger charge is -2.27. The molecule has 4 aromatic rings. The number of ether oxygens (including phenoxy) is 2. The lowest BCUT2D eigenvalue weighted by Crippen LogP contribution is -2.37. The van der Waals surface area contributed by atoms with E-state index in [4.69, 9.17) is 9.47 Å². The molecule has 4 unspecified atom stereocenters. The van der Waals surface area contributed by atoms with Crippen molar-refractivity contribution in [1.29, 1.82) is 0 Å². The highest BCUT2D eigenvalue weighted by Gasteiger charge is 2.37. The van der Waals surface area contributed by atoms with Crippen LogP contribution in [0.3, 0.4) is 0 Å². The minimum atomic E-state index is -0.0752. The third-order valence-electron chi connectivity index (χ3n) is 9.88. The molecule has 0 aliphatic carbocycles. The number of carbonyl (C=O) groups excluding carboxylic acids is 2. The maximum atomic E-state index is 13.2. The molecule has 2 N–H and O–H groups in total. The second-order valence-corrected chi connectivity index (χ2v) is 15.6. The Morgan fingerprint density at radius 1 is 0.688 bits per heavy atom. The Morgan fingerprint density at radius 3 is 1.50 bits per heavy atom. The van der Waals surface area contributed by atoms with Gasteiger partial charge in [-0.05, 0) is 48.2 Å². The number of carbonyl (C=O) groups is 2. The van der Waals surface area contributed by atoms with Crippen molar-refractivity contribution in [2.75, 3.05) is 23.3 Å². The predicted octanol–water partition coefficient (Wildman–Crippen LogP) is 8.10. The maximum absolute atomic E-state index is 13.2. The van der Waals surface area contributed by atoms with Crippen molar-refractivity contribution in [3.05, 3.63) is 60.4 Å². The quantitative estimate of drug-likeness (QED) is 0.168. The Kier molecular flexibility index (Phi) is 8.97. The van der Waals surface area contributed by atoms with E-state index in [1.807, 2.05) is 72.4 Å². The van der Waals surface area contributed by atoms with E-state index < -0.39 is 0 Å². The Balaban J connectivity index is 1.05. The smallest absolute Gasteiger partial charge is 0.226 e. The fourth-order valence-electron chi connectivity index (χ4n) is 6.09. The van der Waals surface area contributed by atoms with Gasteiger partial charge in [0.25, 0.3) is 0 Å². The van der Waals surface area contributed by atoms with Crippen LogP contribution in [0.25, 0.3) is 22.5 Å². The molecule has 5 heterocycles. The number of nitrogens with one attached hydrogen (secondary N) is 2. The first kappa shape index (κ1) is 32.6. The summed E-state index contributed by atoms with van der Waals surface area (Å²) in [5.74, 6) is 7.92. The Bertz CT molecular complexity index is 1700. The first-order chi connectivity index (χ1) is 23.1. The summed E-state index contributed by atoms with van der Waals surface area (Å²) in [5, 5.41) is 0. The predicted molar refractivity (Wildman–Crippen MR) is 190 cm³/mol. The average Bonchev–Trinajstić information content (AvgIpc) is 3.91. The van der Waals surface area contributed by atoms with Crippen LogP contribution in [0.4, 0.5) is 0 Å². The number of imidazole rings is 2. The number of H-pyrrole nitrogens is 2. The molecule has 12 heteroatoms. The number of rotatable bonds is 8. The topological polar surface area (TPSA) is 116 Å². The molecule has 0 saturated carbocycles. The molecule has 48 heavy (non-hydrogen) atoms. The van der Waals surface area contributed by atoms with Crippen LogP contribution >= 0.6 is 23.5 Å². The lowest BCUT2D eigenvalue weighted by molar-refractivity contribution is -0.137. The van der Waals surface area contributed by atoms with Crippen LogP contribution in [0.15, 0.2) is 48.8 Å². The number of benzene rings is 2. The van der Waals surface area contributed by atoms with Gasteiger partial charge in [-0.15, -0.1) is 23.5 Å². The molecule has 2 amide bonds. The van der Waals surface area contributed by atoms with E-state index in [2.05, 4.69) is 47.6 Å². The van der Waals surface area contributed by atoms with Crippen LogP contribution in [-0.4, -0.2) is 64.8 Å². The first-order valence-corrected chi connectivity index (χ1v) is 18.9. The van der Waals surface area contributed by atoms with Gasteiger partial charge in [-0.25, -0.2) is 9.97 Å². The Morgan fingerprint density at radius 2 is 1.10 bits per heavy atom. The van der Waals surface area contributed by atoms with Gasteiger partial charge in [0.2, 0.25) is 11.8 Å². The maximum Gasteiger partial charge on any atom is 0.226 e. The monoisotopic (exact) mass is 686 g/mol. The molecule has 10 nitrogen and oxygen atoms in total. The van der Waals surface area contributed by atoms with Gasteiger partial charge in [-0.1, -0.05) is 41.5 Å². The van der Waals surface area contributed by atoms with Crippen molar-refractivity contribution >= 4 is 35.3 Å². The van der Waals surface area contributed by atoms with Crippen molar-refractivity contribution in [1.82, 2.24) is 29.7 Å². The fraction of sp³-hybridized carbons (Fsp3) is 0.444. The number of nitrogens with zero attached hydrogens (tertiary/aromatic N) is 4. The molecule has 252 valence electrons. The molecular formula is C36H42N6O4S2. The van der Waals surface area contributed by atoms with E-state index in [1.165, 1.54) is 0 Å². The molecule has 0 radical (unpaired) electrons. The zero-order chi connectivity index (χ0) is 33.7. The molecule has 0 spiro atoms. The lowest BCUT2D eigenvalue weighted by atomic mass is 9.96. The van der Waals surface area contributed by atoms with Crippen molar-refractivity contribution in [2.24, 2.45) is 23.7 Å². The third kappa shape index (κ3) is 6.09. The number of thioether (sulfide) groups is 2. The summed E-state index contributed by atoms with van der Waals surface area (Å²) in [4.78, 5) is 46.5. The number of hydrogen-bond acceptors (Lipinski definition) is 8. The van der Waals surface area contributed by atoms with Crippen molar-refractivity contribution in [3.8, 4) is 45.5 Å². The number of hydrogen-bond donors (Lipinski definition) is 2. The minimum absolute atomic E-state index is 0.0354. The van der Waals surface area contributed by atoms with Crippen molar-refractivity contribution in [2.45, 2.75) is 53.6 Å². The number of aromatic amines is 2. The third-order valence-corrected chi connectivity index (χ3v) is 11.9. The second-order valence-electron chi connectivity index (χ2n) is 13.6. The first-order valence-electron chi connectivity index (χ1n) is 16.6. The van der Waals surface area contributed by atoms with E-state index in [-0.39, 0.29) is 47.6 Å². The van der Waals surface area contributed by atoms with Crippen molar-refractivity contribution in [3.63, 3.8) is 0 Å². The normalized spacial score (nSPS) is 20.0. The minimum Gasteiger partial charge on any atom is -0.449 e. The zero-order valence-electron chi connectivity index (χ0n) is 28.1. The summed E-state index contributed by atoms with van der Waals surface area (Å²) in [7, 11) is 0. The molecule has 3 aliphatic heterocycles. The van der Waals surface area contributed by atoms with Gasteiger partial charge >= 0.3 is 0 Å². The van der Waals surface area contributed by atoms with Gasteiger partial charge in [-0.3, -0.25) is 9.59 Å². The molecule has 0 bridgehead atoms. The number of fused-ring (bicyclic) bond motifs is 2. The van der Waals surface area contributed by atoms with Crippen LogP contribution in [0, 0.1) is 23.7 Å². The second kappa shape index (κ2) is 13.2. The van der Waals surface area contributed by atoms with Gasteiger partial charge in [0.05, 0.1) is 47.6 Å². The molecule has 4 atom stereocenters. The SMILES string of the molecule is CC(C)C(C)C(=O)N1CSCC1c1ncc(-c2ccc3c(c2)Oc2ccc(-c4cnc(C5CSCN5C(=O)C(C)C(C)C)[nH]4)cc2O3)[nH]1. The van der Waals surface area contributed by atoms with Crippen LogP contribution in [0.5, 0.6) is 23.0 Å². The van der Waals surface area contributed by atoms with Gasteiger partial charge in [0, 0.05) is 34.5 Å². The highest BCUT2D eigenvalue weighted by molar-refractivity contribution is 7.99. The number of amides is 2. The van der Waals surface area contributed by atoms with E-state index in [0.717, 1.165) is 45.7 Å². The van der Waals surface area contributed by atoms with Gasteiger partial charge in [-0.2, -0.15) is 0 Å². The highest BCUT2D eigenvalue weighted by Crippen LogP contribution is 2.48. The van der Waals surface area contributed by atoms with E-state index in [0.29, 0.717) is 34.8 Å². The summed E-state index contributed by atoms with van der Waals surface area (Å²) < 4.78 is 12.6. The van der Waals surface area contributed by atoms with Crippen LogP contribution in [0.1, 0.15) is 65.3 Å². The average molecular weight is 687 g/mol. The highest BCUT2D eigenvalue weighted by atomic mass is 32.2. The van der Waals surface area contributed by atoms with Crippen LogP contribution in [-0.2, 0) is 9.59 Å². The van der Waals surface area contributed by atoms with E-state index >= 15 is 0 Å². The Labute approximate surface area is 289 Å². The standard InChI is InChI=1S/C36H42N6O4S2/c1-19(2)21(5)35(43)41-17-47-15-27(41)33-37-13-25(39-33)23-7-9-29-31(11-23)45-30-10-8-24(12-32(30)46-29)26-14-38-34(40-26)28-16-48-18-42(28)36(44)22(6)20(3)4/h7-14,19-22,27-28H,15-18H2,1-6H3,(H,37,39)(H,38,40). The summed E-state index contributed by atoms with van der Waals surface area (Å²) in [6.45, 7) is 12.4. The summed E-state index contributed by atoms with van der Waals surface area (Å²) in [6, 6.07) is 11.5. The van der Waals surface area contributed by atoms with Crippen LogP contribution in [0.2, 0.25) is 0 Å². The molecule has 2 fully saturated rings. The summed E-state index contributed by atoms with van der Waals surface area (Å²) in [5.41, 5.74) is 3.54. The molecule has 3 aliphatic rings. The van der Waals surface area contributed by atoms with E-state index in [9.17, 15) is 9.59 Å². The largest absolute Gasteiger partial charge is 0.449 e. The summed E-state index contributed by atoms with van der Waals surface area (Å²) >= 11 is 3.51. The summed E-state index contributed by atoms with van der Waals surface area (Å²) in [6.07, 6.45) is 3.64.